The summed E-state index contributed by atoms with van der Waals surface area (Å²) in [5.74, 6) is -71.5. The molecule has 0 aromatic heterocycles. The highest BCUT2D eigenvalue weighted by Crippen LogP contribution is 2.57. The van der Waals surface area contributed by atoms with E-state index in [-0.39, 0.29) is 11.9 Å². The lowest BCUT2D eigenvalue weighted by molar-refractivity contribution is 0.102. The SMILES string of the molecule is Fc1c(F)c(F)c([B-](c2c(F)c(F)c(F)c(F)c2F)(c2c(F)c(F)c(F)c(F)c2F)c2c(F)c(F)c(F)c(F)c2F)c(F)c1F.[N-]=[N+]=Nc1cccc([P+](CC(=O)c2ccccc2)(c2cccc(N=[N+]=[N-])c2)c2cccc(N=[N+]=[N-])c2)c1. The van der Waals surface area contributed by atoms with Crippen molar-refractivity contribution in [2.75, 3.05) is 6.16 Å². The van der Waals surface area contributed by atoms with Crippen molar-refractivity contribution in [2.45, 2.75) is 0 Å². The molecule has 0 fully saturated rings. The third-order valence-electron chi connectivity index (χ3n) is 12.5. The lowest BCUT2D eigenvalue weighted by Crippen LogP contribution is -2.81. The minimum Gasteiger partial charge on any atom is -0.290 e. The number of rotatable bonds is 13. The third kappa shape index (κ3) is 9.99. The second-order valence-electron chi connectivity index (χ2n) is 16.7. The van der Waals surface area contributed by atoms with Crippen LogP contribution in [0.4, 0.5) is 105 Å². The predicted octanol–water partition coefficient (Wildman–Crippen LogP) is 13.5. The van der Waals surface area contributed by atoms with Gasteiger partial charge in [-0.3, -0.25) is 4.79 Å². The van der Waals surface area contributed by atoms with Crippen LogP contribution in [0.25, 0.3) is 31.3 Å². The Labute approximate surface area is 443 Å². The summed E-state index contributed by atoms with van der Waals surface area (Å²) in [4.78, 5) is 22.6. The van der Waals surface area contributed by atoms with Gasteiger partial charge in [-0.15, -0.1) is 21.9 Å². The number of carbonyl (C=O) groups excluding carboxylic acids is 1. The van der Waals surface area contributed by atoms with Crippen LogP contribution in [0.2, 0.25) is 0 Å². The van der Waals surface area contributed by atoms with Crippen molar-refractivity contribution in [1.29, 1.82) is 0 Å². The summed E-state index contributed by atoms with van der Waals surface area (Å²) in [6.07, 6.45) is -7.12. The lowest BCUT2D eigenvalue weighted by Gasteiger charge is -2.44. The highest BCUT2D eigenvalue weighted by molar-refractivity contribution is 7.96. The maximum Gasteiger partial charge on any atom is 0.201 e. The topological polar surface area (TPSA) is 163 Å². The number of benzene rings is 8. The number of azide groups is 3. The zero-order valence-corrected chi connectivity index (χ0v) is 40.4. The Bertz CT molecular complexity index is 3580. The van der Waals surface area contributed by atoms with Gasteiger partial charge in [-0.2, -0.15) is 0 Å². The molecule has 32 heteroatoms. The second kappa shape index (κ2) is 23.7. The molecule has 0 spiro atoms. The van der Waals surface area contributed by atoms with Gasteiger partial charge in [-0.1, -0.05) is 82.1 Å². The summed E-state index contributed by atoms with van der Waals surface area (Å²) in [7, 11) is -2.83. The molecule has 0 saturated carbocycles. The van der Waals surface area contributed by atoms with Crippen molar-refractivity contribution in [2.24, 2.45) is 15.3 Å². The normalized spacial score (nSPS) is 11.9. The molecule has 8 rings (SSSR count). The molecule has 0 aliphatic carbocycles. The van der Waals surface area contributed by atoms with E-state index >= 15 is 35.1 Å². The van der Waals surface area contributed by atoms with Crippen LogP contribution in [0.1, 0.15) is 10.4 Å². The van der Waals surface area contributed by atoms with Crippen LogP contribution in [0.15, 0.2) is 118 Å². The Hall–Kier alpha value is -9.55. The Morgan fingerprint density at radius 2 is 0.573 bits per heavy atom. The Balaban J connectivity index is 0.000000240. The number of hydrogen-bond donors (Lipinski definition) is 0. The lowest BCUT2D eigenvalue weighted by atomic mass is 9.12. The molecule has 0 aliphatic rings. The molecule has 0 bridgehead atoms. The molecule has 0 atom stereocenters. The molecule has 0 saturated heterocycles. The average molecular weight is 1180 g/mol. The quantitative estimate of drug-likeness (QED) is 0.0127. The highest BCUT2D eigenvalue weighted by atomic mass is 31.2. The fourth-order valence-corrected chi connectivity index (χ4v) is 13.2. The van der Waals surface area contributed by atoms with Gasteiger partial charge in [0.25, 0.3) is 0 Å². The zero-order chi connectivity index (χ0) is 60.4. The van der Waals surface area contributed by atoms with E-state index in [4.69, 9.17) is 16.6 Å². The minimum absolute atomic E-state index is 0.0912. The summed E-state index contributed by atoms with van der Waals surface area (Å²) in [6, 6.07) is 30.3. The smallest absolute Gasteiger partial charge is 0.201 e. The van der Waals surface area contributed by atoms with E-state index in [9.17, 15) is 57.5 Å². The van der Waals surface area contributed by atoms with E-state index in [2.05, 4.69) is 30.1 Å². The van der Waals surface area contributed by atoms with Gasteiger partial charge in [-0.05, 0) is 53.0 Å². The molecule has 8 aromatic rings. The van der Waals surface area contributed by atoms with Crippen LogP contribution in [-0.4, -0.2) is 18.1 Å². The van der Waals surface area contributed by atoms with Gasteiger partial charge >= 0.3 is 0 Å². The Kier molecular flexibility index (Phi) is 17.3. The van der Waals surface area contributed by atoms with E-state index in [1.54, 1.807) is 78.9 Å². The van der Waals surface area contributed by atoms with Gasteiger partial charge in [0.1, 0.15) is 82.0 Å². The van der Waals surface area contributed by atoms with Gasteiger partial charge in [0.15, 0.2) is 69.8 Å². The van der Waals surface area contributed by atoms with Crippen molar-refractivity contribution in [3.05, 3.63) is 256 Å². The number of nitrogens with zero attached hydrogens (tertiary/aromatic N) is 9. The minimum atomic E-state index is -7.22. The summed E-state index contributed by atoms with van der Waals surface area (Å²) in [5, 5.41) is 13.7. The van der Waals surface area contributed by atoms with Gasteiger partial charge in [-0.25, -0.2) is 87.8 Å². The molecule has 82 heavy (non-hydrogen) atoms. The van der Waals surface area contributed by atoms with Crippen LogP contribution in [0.3, 0.4) is 0 Å². The Morgan fingerprint density at radius 1 is 0.341 bits per heavy atom. The zero-order valence-electron chi connectivity index (χ0n) is 39.5. The molecular weight excluding hydrogens is 1160 g/mol. The largest absolute Gasteiger partial charge is 0.290 e. The Morgan fingerprint density at radius 3 is 0.805 bits per heavy atom. The maximum absolute atomic E-state index is 15.4. The number of Topliss-reactive ketones (excluding diaryl/α,β-unsaturated/α-hetero) is 1. The van der Waals surface area contributed by atoms with Crippen LogP contribution in [0, 0.1) is 116 Å². The van der Waals surface area contributed by atoms with Gasteiger partial charge in [0, 0.05) is 37.4 Å². The maximum atomic E-state index is 15.4. The van der Waals surface area contributed by atoms with E-state index in [0.29, 0.717) is 22.6 Å². The summed E-state index contributed by atoms with van der Waals surface area (Å²) in [5.41, 5.74) is 14.6. The molecule has 8 aromatic carbocycles. The summed E-state index contributed by atoms with van der Waals surface area (Å²) in [6.45, 7) is 0. The molecule has 0 aliphatic heterocycles. The van der Waals surface area contributed by atoms with Crippen molar-refractivity contribution in [1.82, 2.24) is 0 Å². The number of hydrogen-bond acceptors (Lipinski definition) is 4. The molecule has 0 radical (unpaired) electrons. The highest BCUT2D eigenvalue weighted by Gasteiger charge is 2.53. The molecular formula is C50H19BF20N9OP. The first-order valence-electron chi connectivity index (χ1n) is 22.0. The van der Waals surface area contributed by atoms with Gasteiger partial charge in [0.05, 0.1) is 0 Å². The van der Waals surface area contributed by atoms with Crippen LogP contribution in [0.5, 0.6) is 0 Å². The molecule has 0 heterocycles. The molecule has 0 amide bonds. The van der Waals surface area contributed by atoms with Crippen LogP contribution < -0.4 is 37.8 Å². The molecule has 418 valence electrons. The van der Waals surface area contributed by atoms with Crippen molar-refractivity contribution in [3.8, 4) is 0 Å². The fourth-order valence-electron chi connectivity index (χ4n) is 9.06. The number of ketones is 1. The summed E-state index contributed by atoms with van der Waals surface area (Å²) < 4.78 is 294. The standard InChI is InChI=1S/C26H19N9OP.C24BF20/c27-33-30-20-9-4-12-23(15-20)37(18-26(36)19-7-2-1-3-8-19,24-13-5-10-21(16-24)31-34-28)25-14-6-11-22(17-25)32-35-29;26-5-1(6(27)14(35)21(42)13(5)34)25(2-7(28)15(36)22(43)16(37)8(2)29,3-9(30)17(38)23(44)18(39)10(3)31)4-11(32)19(40)24(45)20(41)12(4)33/h1-17H,18H2;/q+1;-1. The fraction of sp³-hybridized carbons (Fsp3) is 0.0200. The first kappa shape index (κ1) is 60.1. The monoisotopic (exact) mass is 1180 g/mol. The van der Waals surface area contributed by atoms with Crippen LogP contribution in [-0.2, 0) is 0 Å². The van der Waals surface area contributed by atoms with Gasteiger partial charge < -0.3 is 0 Å². The van der Waals surface area contributed by atoms with Crippen LogP contribution >= 0.6 is 7.26 Å². The first-order chi connectivity index (χ1) is 38.8. The predicted molar refractivity (Wildman–Crippen MR) is 256 cm³/mol. The summed E-state index contributed by atoms with van der Waals surface area (Å²) >= 11 is 0. The first-order valence-corrected chi connectivity index (χ1v) is 23.9. The molecule has 0 unspecified atom stereocenters. The van der Waals surface area contributed by atoms with Crippen molar-refractivity contribution in [3.63, 3.8) is 0 Å². The average Bonchev–Trinajstić information content (AvgIpc) is 2.87. The van der Waals surface area contributed by atoms with Crippen molar-refractivity contribution < 1.29 is 92.6 Å². The van der Waals surface area contributed by atoms with Crippen molar-refractivity contribution >= 4 is 74.0 Å². The third-order valence-corrected chi connectivity index (χ3v) is 16.7. The van der Waals surface area contributed by atoms with E-state index in [0.717, 1.165) is 15.9 Å². The molecule has 10 nitrogen and oxygen atoms in total. The second-order valence-corrected chi connectivity index (χ2v) is 20.2. The van der Waals surface area contributed by atoms with E-state index in [1.807, 2.05) is 24.3 Å². The number of carbonyl (C=O) groups is 1. The van der Waals surface area contributed by atoms with Gasteiger partial charge in [0.2, 0.25) is 5.78 Å². The van der Waals surface area contributed by atoms with E-state index < -0.39 is 152 Å². The van der Waals surface area contributed by atoms with E-state index in [1.165, 1.54) is 0 Å². The number of halogens is 20. The molecule has 0 N–H and O–H groups in total.